The Labute approximate surface area is 413 Å². The second-order valence-electron chi connectivity index (χ2n) is 19.9. The van der Waals surface area contributed by atoms with E-state index in [0.717, 1.165) is 50.3 Å². The summed E-state index contributed by atoms with van der Waals surface area (Å²) in [5.41, 5.74) is 17.7. The van der Waals surface area contributed by atoms with Crippen molar-refractivity contribution < 1.29 is 8.78 Å². The van der Waals surface area contributed by atoms with E-state index in [9.17, 15) is 8.78 Å². The molecule has 0 fully saturated rings. The Hall–Kier alpha value is -8.34. The maximum absolute atomic E-state index is 14.6. The van der Waals surface area contributed by atoms with Crippen LogP contribution < -0.4 is 9.80 Å². The van der Waals surface area contributed by atoms with Crippen molar-refractivity contribution in [2.75, 3.05) is 9.80 Å². The van der Waals surface area contributed by atoms with Gasteiger partial charge in [-0.25, -0.2) is 8.78 Å². The first-order valence-electron chi connectivity index (χ1n) is 24.8. The van der Waals surface area contributed by atoms with Crippen LogP contribution in [0.4, 0.5) is 42.9 Å². The number of anilines is 6. The highest BCUT2D eigenvalue weighted by Gasteiger charge is 2.53. The summed E-state index contributed by atoms with van der Waals surface area (Å²) in [6.07, 6.45) is 0. The van der Waals surface area contributed by atoms with E-state index in [2.05, 4.69) is 207 Å². The van der Waals surface area contributed by atoms with Crippen LogP contribution in [-0.2, 0) is 5.41 Å². The molecule has 2 nitrogen and oxygen atoms in total. The first kappa shape index (κ1) is 42.7. The highest BCUT2D eigenvalue weighted by atomic mass is 19.1. The van der Waals surface area contributed by atoms with Gasteiger partial charge in [0.15, 0.2) is 0 Å². The largest absolute Gasteiger partial charge is 0.310 e. The predicted octanol–water partition coefficient (Wildman–Crippen LogP) is 19.0. The molecule has 2 aliphatic rings. The normalized spacial score (nSPS) is 13.0. The lowest BCUT2D eigenvalue weighted by molar-refractivity contribution is 0.627. The van der Waals surface area contributed by atoms with Gasteiger partial charge in [-0.05, 0) is 209 Å². The van der Waals surface area contributed by atoms with Crippen LogP contribution in [0.1, 0.15) is 72.9 Å². The summed E-state index contributed by atoms with van der Waals surface area (Å²) in [7, 11) is 0. The Morgan fingerprint density at radius 1 is 0.338 bits per heavy atom. The minimum atomic E-state index is -0.654. The number of halogens is 2. The molecular formula is C67H50F2N2. The van der Waals surface area contributed by atoms with Crippen molar-refractivity contribution in [1.29, 1.82) is 0 Å². The van der Waals surface area contributed by atoms with Gasteiger partial charge in [0.05, 0.1) is 5.41 Å². The fourth-order valence-electron chi connectivity index (χ4n) is 11.9. The molecule has 11 aromatic carbocycles. The van der Waals surface area contributed by atoms with E-state index in [1.165, 1.54) is 83.9 Å². The van der Waals surface area contributed by atoms with Crippen LogP contribution >= 0.6 is 0 Å². The van der Waals surface area contributed by atoms with Crippen molar-refractivity contribution in [3.05, 3.63) is 263 Å². The quantitative estimate of drug-likeness (QED) is 0.140. The lowest BCUT2D eigenvalue weighted by atomic mass is 9.69. The minimum Gasteiger partial charge on any atom is -0.310 e. The lowest BCUT2D eigenvalue weighted by Gasteiger charge is -2.32. The van der Waals surface area contributed by atoms with Crippen LogP contribution in [0.15, 0.2) is 218 Å². The summed E-state index contributed by atoms with van der Waals surface area (Å²) >= 11 is 0. The number of hydrogen-bond donors (Lipinski definition) is 0. The number of hydrogen-bond acceptors (Lipinski definition) is 2. The van der Waals surface area contributed by atoms with Crippen molar-refractivity contribution in [3.63, 3.8) is 0 Å². The lowest BCUT2D eigenvalue weighted by Crippen LogP contribution is -2.26. The first-order chi connectivity index (χ1) is 34.7. The molecule has 2 aliphatic carbocycles. The molecule has 0 saturated heterocycles. The van der Waals surface area contributed by atoms with Crippen LogP contribution in [0.3, 0.4) is 0 Å². The number of fused-ring (bicyclic) bond motifs is 16. The van der Waals surface area contributed by atoms with Gasteiger partial charge >= 0.3 is 0 Å². The molecule has 0 aromatic heterocycles. The zero-order valence-electron chi connectivity index (χ0n) is 40.1. The average Bonchev–Trinajstić information content (AvgIpc) is 3.87. The molecule has 0 unspecified atom stereocenters. The maximum Gasteiger partial charge on any atom is 0.123 e. The molecule has 71 heavy (non-hydrogen) atoms. The number of benzene rings is 11. The highest BCUT2D eigenvalue weighted by Crippen LogP contribution is 2.66. The fourth-order valence-corrected chi connectivity index (χ4v) is 11.9. The van der Waals surface area contributed by atoms with Crippen LogP contribution in [0.2, 0.25) is 0 Å². The van der Waals surface area contributed by atoms with Gasteiger partial charge in [-0.15, -0.1) is 0 Å². The highest BCUT2D eigenvalue weighted by molar-refractivity contribution is 6.21. The topological polar surface area (TPSA) is 6.48 Å². The Kier molecular flexibility index (Phi) is 9.87. The molecule has 0 atom stereocenters. The summed E-state index contributed by atoms with van der Waals surface area (Å²) in [5.74, 6) is 0.255. The van der Waals surface area contributed by atoms with Gasteiger partial charge in [-0.1, -0.05) is 137 Å². The van der Waals surface area contributed by atoms with E-state index in [4.69, 9.17) is 0 Å². The van der Waals surface area contributed by atoms with E-state index in [0.29, 0.717) is 11.8 Å². The number of nitrogens with zero attached hydrogens (tertiary/aromatic N) is 2. The molecule has 342 valence electrons. The van der Waals surface area contributed by atoms with Crippen LogP contribution in [0.5, 0.6) is 0 Å². The second kappa shape index (κ2) is 16.4. The fraction of sp³-hybridized carbons (Fsp3) is 0.104. The summed E-state index contributed by atoms with van der Waals surface area (Å²) in [4.78, 5) is 4.47. The van der Waals surface area contributed by atoms with E-state index in [1.807, 2.05) is 24.3 Å². The van der Waals surface area contributed by atoms with Crippen molar-refractivity contribution in [2.24, 2.45) is 0 Å². The molecule has 0 saturated carbocycles. The molecule has 0 radical (unpaired) electrons. The molecule has 0 amide bonds. The second-order valence-corrected chi connectivity index (χ2v) is 19.9. The van der Waals surface area contributed by atoms with E-state index >= 15 is 0 Å². The van der Waals surface area contributed by atoms with Gasteiger partial charge in [-0.3, -0.25) is 0 Å². The van der Waals surface area contributed by atoms with Gasteiger partial charge in [0.1, 0.15) is 11.6 Å². The van der Waals surface area contributed by atoms with Gasteiger partial charge in [0.2, 0.25) is 0 Å². The molecule has 4 heteroatoms. The maximum atomic E-state index is 14.6. The van der Waals surface area contributed by atoms with Crippen molar-refractivity contribution in [1.82, 2.24) is 0 Å². The summed E-state index contributed by atoms with van der Waals surface area (Å²) in [6.45, 7) is 8.84. The molecule has 0 aliphatic heterocycles. The van der Waals surface area contributed by atoms with Crippen molar-refractivity contribution in [3.8, 4) is 22.3 Å². The van der Waals surface area contributed by atoms with E-state index < -0.39 is 5.41 Å². The first-order valence-corrected chi connectivity index (χ1v) is 24.8. The third-order valence-corrected chi connectivity index (χ3v) is 15.3. The summed E-state index contributed by atoms with van der Waals surface area (Å²) in [5, 5.41) is 6.98. The molecule has 0 bridgehead atoms. The molecule has 1 spiro atoms. The molecule has 0 N–H and O–H groups in total. The predicted molar refractivity (Wildman–Crippen MR) is 293 cm³/mol. The zero-order chi connectivity index (χ0) is 48.1. The summed E-state index contributed by atoms with van der Waals surface area (Å²) < 4.78 is 29.1. The van der Waals surface area contributed by atoms with Crippen LogP contribution in [0.25, 0.3) is 54.6 Å². The Morgan fingerprint density at radius 2 is 0.789 bits per heavy atom. The monoisotopic (exact) mass is 920 g/mol. The molecular weight excluding hydrogens is 871 g/mol. The van der Waals surface area contributed by atoms with Crippen molar-refractivity contribution in [2.45, 2.75) is 44.9 Å². The van der Waals surface area contributed by atoms with E-state index in [1.54, 1.807) is 12.1 Å². The minimum absolute atomic E-state index is 0.266. The van der Waals surface area contributed by atoms with Crippen LogP contribution in [0, 0.1) is 11.6 Å². The smallest absolute Gasteiger partial charge is 0.123 e. The Bertz CT molecular complexity index is 3840. The Balaban J connectivity index is 1.08. The zero-order valence-corrected chi connectivity index (χ0v) is 40.1. The van der Waals surface area contributed by atoms with Gasteiger partial charge in [0, 0.05) is 34.1 Å². The third-order valence-electron chi connectivity index (χ3n) is 15.3. The van der Waals surface area contributed by atoms with E-state index in [-0.39, 0.29) is 11.6 Å². The average molecular weight is 921 g/mol. The van der Waals surface area contributed by atoms with Gasteiger partial charge in [-0.2, -0.15) is 0 Å². The van der Waals surface area contributed by atoms with Gasteiger partial charge in [0.25, 0.3) is 0 Å². The SMILES string of the molecule is CC(C)c1ccc(N(c2ccc(F)cc2)c2ccc3cc4c(cc3c2)C2(c3ccccc3-c3ccccc32)c2c-4c3ccccc3c3cc(N(c4ccc(F)cc4)c4ccc(C(C)C)cc4)ccc23)cc1. The van der Waals surface area contributed by atoms with Crippen molar-refractivity contribution >= 4 is 66.4 Å². The standard InChI is InChI=1S/C67H50F2N2/c1-41(2)43-17-26-49(27-18-43)70(51-31-22-47(68)23-32-51)53-30-21-45-38-61-64(39-46(45)37-53)67(62-15-9-7-12-56(62)57-13-8-10-16-63(57)67)66-59-36-35-54(40-60(59)55-11-5-6-14-58(55)65(61)66)71(52-33-24-48(69)25-34-52)50-28-19-44(20-29-50)42(3)4/h5-42H,1-4H3. The number of rotatable bonds is 8. The van der Waals surface area contributed by atoms with Crippen LogP contribution in [-0.4, -0.2) is 0 Å². The van der Waals surface area contributed by atoms with Gasteiger partial charge < -0.3 is 9.80 Å². The third kappa shape index (κ3) is 6.58. The summed E-state index contributed by atoms with van der Waals surface area (Å²) in [6, 6.07) is 76.6. The Morgan fingerprint density at radius 3 is 1.32 bits per heavy atom. The molecule has 0 heterocycles. The molecule has 11 aromatic rings. The molecule has 13 rings (SSSR count).